The number of nitrogens with zero attached hydrogens (tertiary/aromatic N) is 1. The quantitative estimate of drug-likeness (QED) is 0.573. The summed E-state index contributed by atoms with van der Waals surface area (Å²) >= 11 is 0. The molecule has 7 heteroatoms. The molecular formula is C18H28BNO5. The zero-order chi connectivity index (χ0) is 17.8. The number of hydrogen-bond acceptors (Lipinski definition) is 5. The van der Waals surface area contributed by atoms with Crippen molar-refractivity contribution < 1.29 is 28.0 Å². The summed E-state index contributed by atoms with van der Waals surface area (Å²) in [7, 11) is 0. The van der Waals surface area contributed by atoms with Crippen LogP contribution in [-0.4, -0.2) is 54.3 Å². The van der Waals surface area contributed by atoms with Gasteiger partial charge in [0.05, 0.1) is 12.1 Å². The third-order valence-corrected chi connectivity index (χ3v) is 8.58. The van der Waals surface area contributed by atoms with Crippen molar-refractivity contribution in [2.45, 2.75) is 65.1 Å². The van der Waals surface area contributed by atoms with E-state index in [1.165, 1.54) is 6.42 Å². The van der Waals surface area contributed by atoms with Crippen LogP contribution in [0, 0.1) is 23.2 Å². The van der Waals surface area contributed by atoms with Crippen molar-refractivity contribution >= 4 is 18.6 Å². The number of carbonyl (C=O) groups is 2. The molecule has 6 rings (SSSR count). The lowest BCUT2D eigenvalue weighted by Crippen LogP contribution is -2.75. The highest BCUT2D eigenvalue weighted by Crippen LogP contribution is 2.64. The van der Waals surface area contributed by atoms with E-state index in [-0.39, 0.29) is 43.2 Å². The van der Waals surface area contributed by atoms with Crippen LogP contribution >= 0.6 is 0 Å². The second-order valence-corrected chi connectivity index (χ2v) is 9.70. The predicted molar refractivity (Wildman–Crippen MR) is 89.8 cm³/mol. The van der Waals surface area contributed by atoms with Gasteiger partial charge in [0.1, 0.15) is 19.1 Å². The van der Waals surface area contributed by atoms with Crippen molar-refractivity contribution in [2.75, 3.05) is 13.1 Å². The highest BCUT2D eigenvalue weighted by atomic mass is 16.7. The van der Waals surface area contributed by atoms with E-state index in [9.17, 15) is 9.59 Å². The Morgan fingerprint density at radius 1 is 1.16 bits per heavy atom. The fraction of sp³-hybridized carbons (Fsp3) is 0.889. The molecule has 0 N–H and O–H groups in total. The minimum Gasteiger partial charge on any atom is -0.598 e. The molecule has 3 saturated carbocycles. The second kappa shape index (κ2) is 4.60. The Morgan fingerprint density at radius 3 is 2.28 bits per heavy atom. The molecule has 0 amide bonds. The van der Waals surface area contributed by atoms with E-state index in [1.807, 2.05) is 0 Å². The molecule has 0 spiro atoms. The average molecular weight is 349 g/mol. The summed E-state index contributed by atoms with van der Waals surface area (Å²) in [6.07, 6.45) is 3.21. The fourth-order valence-corrected chi connectivity index (χ4v) is 7.06. The van der Waals surface area contributed by atoms with E-state index in [1.54, 1.807) is 0 Å². The van der Waals surface area contributed by atoms with Crippen LogP contribution in [0.15, 0.2) is 0 Å². The van der Waals surface area contributed by atoms with Gasteiger partial charge in [-0.3, -0.25) is 9.59 Å². The lowest BCUT2D eigenvalue weighted by atomic mass is 9.43. The first kappa shape index (κ1) is 16.1. The van der Waals surface area contributed by atoms with E-state index in [4.69, 9.17) is 14.0 Å². The van der Waals surface area contributed by atoms with Gasteiger partial charge in [0.15, 0.2) is 0 Å². The van der Waals surface area contributed by atoms with Gasteiger partial charge in [-0.15, -0.1) is 0 Å². The molecule has 3 aliphatic carbocycles. The largest absolute Gasteiger partial charge is 0.614 e. The van der Waals surface area contributed by atoms with E-state index in [2.05, 4.69) is 27.7 Å². The van der Waals surface area contributed by atoms with Crippen LogP contribution in [-0.2, 0) is 23.6 Å². The highest BCUT2D eigenvalue weighted by Gasteiger charge is 2.79. The van der Waals surface area contributed by atoms with E-state index < -0.39 is 6.69 Å². The van der Waals surface area contributed by atoms with Crippen LogP contribution in [0.1, 0.15) is 47.0 Å². The SMILES string of the molecule is CC[C@@H]1OC1[B-]12OC(=O)C[N+]1(C1C[C@@H]3CC([C@H]1C)C3(C)C)CC(=O)O2. The number of carbonyl (C=O) groups excluding carboxylic acids is 2. The summed E-state index contributed by atoms with van der Waals surface area (Å²) in [5.41, 5.74) is 0.362. The van der Waals surface area contributed by atoms with Gasteiger partial charge in [-0.2, -0.15) is 0 Å². The van der Waals surface area contributed by atoms with Crippen LogP contribution in [0.2, 0.25) is 0 Å². The molecule has 6 atom stereocenters. The number of epoxide rings is 1. The average Bonchev–Trinajstić information content (AvgIpc) is 3.20. The zero-order valence-corrected chi connectivity index (χ0v) is 15.6. The standard InChI is InChI=1S/C18H28BNO5/c1-5-14-17(23-14)19-20(8-15(21)24-19,9-16(22)25-19)13-7-11-6-12(10(13)2)18(11,3)4/h10-14,17H,5-9H2,1-4H3/t10-,11+,12?,13?,14+,17?,19?,20?/m1/s1. The summed E-state index contributed by atoms with van der Waals surface area (Å²) in [5, 5.41) is 0. The summed E-state index contributed by atoms with van der Waals surface area (Å²) in [6, 6.07) is -0.00209. The predicted octanol–water partition coefficient (Wildman–Crippen LogP) is 1.64. The Kier molecular flexibility index (Phi) is 2.97. The fourth-order valence-electron chi connectivity index (χ4n) is 7.06. The summed E-state index contributed by atoms with van der Waals surface area (Å²) in [5.74, 6) is 1.29. The first-order valence-electron chi connectivity index (χ1n) is 9.85. The third kappa shape index (κ3) is 1.74. The van der Waals surface area contributed by atoms with Crippen molar-refractivity contribution in [1.29, 1.82) is 0 Å². The lowest BCUT2D eigenvalue weighted by Gasteiger charge is -2.66. The molecule has 0 aromatic rings. The molecule has 6 fully saturated rings. The van der Waals surface area contributed by atoms with Crippen LogP contribution in [0.3, 0.4) is 0 Å². The molecule has 0 aromatic carbocycles. The summed E-state index contributed by atoms with van der Waals surface area (Å²) in [6.45, 7) is 7.54. The molecule has 0 radical (unpaired) electrons. The molecule has 2 bridgehead atoms. The number of quaternary nitrogens is 1. The van der Waals surface area contributed by atoms with E-state index >= 15 is 0 Å². The van der Waals surface area contributed by atoms with Crippen molar-refractivity contribution in [1.82, 2.24) is 0 Å². The number of fused-ring (bicyclic) bond motifs is 4. The molecule has 3 heterocycles. The first-order chi connectivity index (χ1) is 11.7. The zero-order valence-electron chi connectivity index (χ0n) is 15.6. The van der Waals surface area contributed by atoms with E-state index in [0.717, 1.165) is 12.8 Å². The van der Waals surface area contributed by atoms with Gasteiger partial charge >= 0.3 is 18.6 Å². The van der Waals surface area contributed by atoms with Crippen molar-refractivity contribution in [3.05, 3.63) is 0 Å². The topological polar surface area (TPSA) is 65.1 Å². The Bertz CT molecular complexity index is 644. The molecule has 3 saturated heterocycles. The van der Waals surface area contributed by atoms with Crippen LogP contribution < -0.4 is 0 Å². The van der Waals surface area contributed by atoms with E-state index in [0.29, 0.717) is 27.6 Å². The molecule has 3 unspecified atom stereocenters. The molecule has 6 nitrogen and oxygen atoms in total. The monoisotopic (exact) mass is 349 g/mol. The number of rotatable bonds is 3. The van der Waals surface area contributed by atoms with Crippen molar-refractivity contribution in [2.24, 2.45) is 23.2 Å². The van der Waals surface area contributed by atoms with Crippen LogP contribution in [0.5, 0.6) is 0 Å². The molecular weight excluding hydrogens is 321 g/mol. The molecule has 0 aromatic heterocycles. The minimum absolute atomic E-state index is 0.0409. The normalized spacial score (nSPS) is 55.2. The number of ether oxygens (including phenoxy) is 1. The van der Waals surface area contributed by atoms with Gasteiger partial charge in [0, 0.05) is 5.92 Å². The lowest BCUT2D eigenvalue weighted by molar-refractivity contribution is -0.852. The van der Waals surface area contributed by atoms with Crippen molar-refractivity contribution in [3.63, 3.8) is 0 Å². The van der Waals surface area contributed by atoms with Crippen molar-refractivity contribution in [3.8, 4) is 0 Å². The second-order valence-electron chi connectivity index (χ2n) is 9.70. The van der Waals surface area contributed by atoms with Gasteiger partial charge in [-0.1, -0.05) is 27.7 Å². The first-order valence-corrected chi connectivity index (χ1v) is 9.85. The highest BCUT2D eigenvalue weighted by molar-refractivity contribution is 6.68. The minimum atomic E-state index is -2.07. The summed E-state index contributed by atoms with van der Waals surface area (Å²) in [4.78, 5) is 24.8. The van der Waals surface area contributed by atoms with Gasteiger partial charge < -0.3 is 18.4 Å². The Balaban J connectivity index is 1.56. The molecule has 25 heavy (non-hydrogen) atoms. The van der Waals surface area contributed by atoms with Gasteiger partial charge in [0.2, 0.25) is 0 Å². The van der Waals surface area contributed by atoms with Crippen LogP contribution in [0.4, 0.5) is 0 Å². The van der Waals surface area contributed by atoms with Gasteiger partial charge in [0.25, 0.3) is 0 Å². The van der Waals surface area contributed by atoms with Gasteiger partial charge in [-0.05, 0) is 36.5 Å². The maximum atomic E-state index is 12.4. The maximum absolute atomic E-state index is 12.4. The Morgan fingerprint density at radius 2 is 1.80 bits per heavy atom. The molecule has 138 valence electrons. The molecule has 3 aliphatic heterocycles. The molecule has 6 aliphatic rings. The van der Waals surface area contributed by atoms with Crippen LogP contribution in [0.25, 0.3) is 0 Å². The van der Waals surface area contributed by atoms with Gasteiger partial charge in [-0.25, -0.2) is 0 Å². The summed E-state index contributed by atoms with van der Waals surface area (Å²) < 4.78 is 17.9. The Hall–Kier alpha value is -1.08. The smallest absolute Gasteiger partial charge is 0.598 e. The third-order valence-electron chi connectivity index (χ3n) is 8.58. The Labute approximate surface area is 148 Å². The maximum Gasteiger partial charge on any atom is 0.614 e. The number of hydrogen-bond donors (Lipinski definition) is 0.